The SMILES string of the molecule is CC/C=C\C/C=C\C/C=C\C/C=C\CCCCCCCCCOCC(COC(=O)CCCCCCCCCCCCCCCCCCCCC)OC(=O)CCCCCCCCCCCCCCCCC. The van der Waals surface area contributed by atoms with Gasteiger partial charge in [-0.1, -0.05) is 307 Å². The molecule has 5 heteroatoms. The number of hydrogen-bond acceptors (Lipinski definition) is 5. The van der Waals surface area contributed by atoms with E-state index in [2.05, 4.69) is 69.4 Å². The van der Waals surface area contributed by atoms with Gasteiger partial charge in [0.1, 0.15) is 6.61 Å². The second-order valence-corrected chi connectivity index (χ2v) is 20.9. The molecule has 0 aliphatic rings. The molecule has 410 valence electrons. The Balaban J connectivity index is 4.23. The zero-order chi connectivity index (χ0) is 50.6. The summed E-state index contributed by atoms with van der Waals surface area (Å²) >= 11 is 0. The molecular weight excluding hydrogens is 861 g/mol. The Morgan fingerprint density at radius 3 is 1.03 bits per heavy atom. The number of esters is 2. The average Bonchev–Trinajstić information content (AvgIpc) is 3.36. The summed E-state index contributed by atoms with van der Waals surface area (Å²) in [5, 5.41) is 0. The first-order chi connectivity index (χ1) is 34.6. The minimum atomic E-state index is -0.539. The van der Waals surface area contributed by atoms with Crippen molar-refractivity contribution in [1.82, 2.24) is 0 Å². The van der Waals surface area contributed by atoms with Crippen LogP contribution in [0.15, 0.2) is 48.6 Å². The minimum Gasteiger partial charge on any atom is -0.462 e. The first kappa shape index (κ1) is 67.9. The fraction of sp³-hybridized carbons (Fsp3) is 0.846. The molecule has 0 amide bonds. The molecule has 1 unspecified atom stereocenters. The van der Waals surface area contributed by atoms with Crippen molar-refractivity contribution in [1.29, 1.82) is 0 Å². The van der Waals surface area contributed by atoms with Crippen molar-refractivity contribution in [3.8, 4) is 0 Å². The van der Waals surface area contributed by atoms with Gasteiger partial charge in [0.2, 0.25) is 0 Å². The minimum absolute atomic E-state index is 0.0868. The molecule has 0 N–H and O–H groups in total. The number of hydrogen-bond donors (Lipinski definition) is 0. The van der Waals surface area contributed by atoms with Crippen molar-refractivity contribution >= 4 is 11.9 Å². The van der Waals surface area contributed by atoms with Crippen LogP contribution in [-0.2, 0) is 23.8 Å². The molecule has 0 aliphatic heterocycles. The molecule has 0 spiro atoms. The van der Waals surface area contributed by atoms with Crippen LogP contribution >= 0.6 is 0 Å². The van der Waals surface area contributed by atoms with E-state index in [0.29, 0.717) is 19.4 Å². The zero-order valence-corrected chi connectivity index (χ0v) is 47.3. The predicted molar refractivity (Wildman–Crippen MR) is 307 cm³/mol. The van der Waals surface area contributed by atoms with E-state index in [1.54, 1.807) is 0 Å². The number of unbranched alkanes of at least 4 members (excludes halogenated alkanes) is 39. The van der Waals surface area contributed by atoms with Gasteiger partial charge in [-0.3, -0.25) is 9.59 Å². The second-order valence-electron chi connectivity index (χ2n) is 20.9. The average molecular weight is 982 g/mol. The normalized spacial score (nSPS) is 12.4. The number of carbonyl (C=O) groups is 2. The van der Waals surface area contributed by atoms with E-state index in [4.69, 9.17) is 14.2 Å². The Hall–Kier alpha value is -2.14. The maximum atomic E-state index is 12.9. The Labute approximate surface area is 437 Å². The maximum Gasteiger partial charge on any atom is 0.306 e. The molecule has 0 saturated carbocycles. The van der Waals surface area contributed by atoms with Crippen LogP contribution in [0.2, 0.25) is 0 Å². The predicted octanol–water partition coefficient (Wildman–Crippen LogP) is 21.5. The molecule has 70 heavy (non-hydrogen) atoms. The van der Waals surface area contributed by atoms with E-state index in [-0.39, 0.29) is 25.2 Å². The third-order valence-electron chi connectivity index (χ3n) is 13.9. The molecule has 5 nitrogen and oxygen atoms in total. The molecule has 0 fully saturated rings. The van der Waals surface area contributed by atoms with Gasteiger partial charge in [0.05, 0.1) is 6.61 Å². The summed E-state index contributed by atoms with van der Waals surface area (Å²) in [7, 11) is 0. The van der Waals surface area contributed by atoms with Gasteiger partial charge in [-0.05, 0) is 57.8 Å². The van der Waals surface area contributed by atoms with Crippen molar-refractivity contribution in [2.75, 3.05) is 19.8 Å². The Morgan fingerprint density at radius 1 is 0.329 bits per heavy atom. The monoisotopic (exact) mass is 981 g/mol. The molecule has 0 aromatic rings. The van der Waals surface area contributed by atoms with Crippen molar-refractivity contribution in [2.24, 2.45) is 0 Å². The van der Waals surface area contributed by atoms with Gasteiger partial charge in [-0.15, -0.1) is 0 Å². The van der Waals surface area contributed by atoms with E-state index in [1.165, 1.54) is 231 Å². The standard InChI is InChI=1S/C65H120O5/c1-4-7-10-13-16-19-22-25-28-30-32-34-36-39-42-45-48-51-54-57-60-68-61-63(70-65(67)59-56-53-50-47-44-41-37-27-24-21-18-15-12-9-6-3)62-69-64(66)58-55-52-49-46-43-40-38-35-33-31-29-26-23-20-17-14-11-8-5-2/h7,10,16,19,25,28,32,34,63H,4-6,8-9,11-15,17-18,20-24,26-27,29-31,33,35-62H2,1-3H3/b10-7-,19-16-,28-25-,34-32-. The van der Waals surface area contributed by atoms with Gasteiger partial charge < -0.3 is 14.2 Å². The number of rotatable bonds is 58. The molecule has 0 heterocycles. The molecule has 0 aromatic carbocycles. The summed E-state index contributed by atoms with van der Waals surface area (Å²) in [5.74, 6) is -0.381. The number of allylic oxidation sites excluding steroid dienone is 8. The molecule has 1 atom stereocenters. The quantitative estimate of drug-likeness (QED) is 0.0345. The first-order valence-corrected chi connectivity index (χ1v) is 31.2. The molecule has 0 rings (SSSR count). The first-order valence-electron chi connectivity index (χ1n) is 31.2. The highest BCUT2D eigenvalue weighted by Gasteiger charge is 2.18. The Kier molecular flexibility index (Phi) is 59.3. The third-order valence-corrected chi connectivity index (χ3v) is 13.9. The highest BCUT2D eigenvalue weighted by Crippen LogP contribution is 2.17. The fourth-order valence-corrected chi connectivity index (χ4v) is 9.27. The second kappa shape index (κ2) is 61.2. The summed E-state index contributed by atoms with van der Waals surface area (Å²) in [6, 6.07) is 0. The fourth-order valence-electron chi connectivity index (χ4n) is 9.27. The smallest absolute Gasteiger partial charge is 0.306 e. The van der Waals surface area contributed by atoms with Crippen molar-refractivity contribution < 1.29 is 23.8 Å². The van der Waals surface area contributed by atoms with E-state index >= 15 is 0 Å². The summed E-state index contributed by atoms with van der Waals surface area (Å²) < 4.78 is 17.5. The molecule has 0 radical (unpaired) electrons. The molecule has 0 bridgehead atoms. The summed E-state index contributed by atoms with van der Waals surface area (Å²) in [6.45, 7) is 7.76. The lowest BCUT2D eigenvalue weighted by Crippen LogP contribution is -2.30. The highest BCUT2D eigenvalue weighted by atomic mass is 16.6. The largest absolute Gasteiger partial charge is 0.462 e. The van der Waals surface area contributed by atoms with Gasteiger partial charge in [-0.25, -0.2) is 0 Å². The van der Waals surface area contributed by atoms with E-state index < -0.39 is 6.10 Å². The molecular formula is C65H120O5. The van der Waals surface area contributed by atoms with Crippen molar-refractivity contribution in [2.45, 2.75) is 335 Å². The van der Waals surface area contributed by atoms with Gasteiger partial charge in [0.15, 0.2) is 6.10 Å². The Morgan fingerprint density at radius 2 is 0.643 bits per heavy atom. The lowest BCUT2D eigenvalue weighted by atomic mass is 10.0. The molecule has 0 aromatic heterocycles. The van der Waals surface area contributed by atoms with Gasteiger partial charge in [0, 0.05) is 19.4 Å². The van der Waals surface area contributed by atoms with Crippen LogP contribution in [0.1, 0.15) is 329 Å². The third kappa shape index (κ3) is 58.4. The number of ether oxygens (including phenoxy) is 3. The van der Waals surface area contributed by atoms with E-state index in [0.717, 1.165) is 64.2 Å². The summed E-state index contributed by atoms with van der Waals surface area (Å²) in [6.07, 6.45) is 77.2. The summed E-state index contributed by atoms with van der Waals surface area (Å²) in [5.41, 5.74) is 0. The van der Waals surface area contributed by atoms with Crippen LogP contribution in [-0.4, -0.2) is 37.9 Å². The van der Waals surface area contributed by atoms with Gasteiger partial charge >= 0.3 is 11.9 Å². The van der Waals surface area contributed by atoms with E-state index in [1.807, 2.05) is 0 Å². The van der Waals surface area contributed by atoms with Crippen LogP contribution in [0.5, 0.6) is 0 Å². The van der Waals surface area contributed by atoms with Crippen LogP contribution in [0.3, 0.4) is 0 Å². The van der Waals surface area contributed by atoms with Gasteiger partial charge in [0.25, 0.3) is 0 Å². The van der Waals surface area contributed by atoms with Crippen LogP contribution < -0.4 is 0 Å². The topological polar surface area (TPSA) is 61.8 Å². The van der Waals surface area contributed by atoms with Crippen LogP contribution in [0.4, 0.5) is 0 Å². The number of carbonyl (C=O) groups excluding carboxylic acids is 2. The molecule has 0 aliphatic carbocycles. The Bertz CT molecular complexity index is 1150. The maximum absolute atomic E-state index is 12.9. The molecule has 0 saturated heterocycles. The summed E-state index contributed by atoms with van der Waals surface area (Å²) in [4.78, 5) is 25.6. The lowest BCUT2D eigenvalue weighted by Gasteiger charge is -2.18. The van der Waals surface area contributed by atoms with Gasteiger partial charge in [-0.2, -0.15) is 0 Å². The lowest BCUT2D eigenvalue weighted by molar-refractivity contribution is -0.163. The van der Waals surface area contributed by atoms with Crippen LogP contribution in [0.25, 0.3) is 0 Å². The highest BCUT2D eigenvalue weighted by molar-refractivity contribution is 5.70. The van der Waals surface area contributed by atoms with Crippen molar-refractivity contribution in [3.63, 3.8) is 0 Å². The van der Waals surface area contributed by atoms with Crippen LogP contribution in [0, 0.1) is 0 Å². The zero-order valence-electron chi connectivity index (χ0n) is 47.3. The van der Waals surface area contributed by atoms with E-state index in [9.17, 15) is 9.59 Å². The van der Waals surface area contributed by atoms with Crippen molar-refractivity contribution in [3.05, 3.63) is 48.6 Å².